The Balaban J connectivity index is 2.39. The van der Waals surface area contributed by atoms with Crippen molar-refractivity contribution in [3.05, 3.63) is 34.9 Å². The second-order valence-electron chi connectivity index (χ2n) is 6.29. The van der Waals surface area contributed by atoms with Crippen LogP contribution in [0.1, 0.15) is 71.1 Å². The van der Waals surface area contributed by atoms with Gasteiger partial charge in [-0.05, 0) is 38.5 Å². The Morgan fingerprint density at radius 1 is 1.17 bits per heavy atom. The number of rotatable bonds is 12. The second kappa shape index (κ2) is 12.1. The van der Waals surface area contributed by atoms with E-state index >= 15 is 0 Å². The van der Waals surface area contributed by atoms with E-state index in [2.05, 4.69) is 19.1 Å². The van der Waals surface area contributed by atoms with E-state index < -0.39 is 5.97 Å². The van der Waals surface area contributed by atoms with E-state index in [1.54, 1.807) is 0 Å². The highest BCUT2D eigenvalue weighted by atomic mass is 35.5. The predicted octanol–water partition coefficient (Wildman–Crippen LogP) is 5.80. The van der Waals surface area contributed by atoms with Gasteiger partial charge in [0.1, 0.15) is 0 Å². The number of carbonyl (C=O) groups is 2. The number of carboxylic acids is 1. The highest BCUT2D eigenvalue weighted by Crippen LogP contribution is 2.33. The molecule has 1 aliphatic rings. The maximum Gasteiger partial charge on any atom is 0.303 e. The zero-order valence-electron chi connectivity index (χ0n) is 14.6. The molecule has 0 saturated heterocycles. The van der Waals surface area contributed by atoms with Crippen LogP contribution in [0.3, 0.4) is 0 Å². The van der Waals surface area contributed by atoms with E-state index in [1.165, 1.54) is 12.8 Å². The maximum atomic E-state index is 12.1. The lowest BCUT2D eigenvalue weighted by atomic mass is 9.95. The molecule has 1 atom stereocenters. The molecule has 0 amide bonds. The number of hydrogen-bond acceptors (Lipinski definition) is 2. The fourth-order valence-electron chi connectivity index (χ4n) is 2.82. The quantitative estimate of drug-likeness (QED) is 0.274. The van der Waals surface area contributed by atoms with E-state index in [0.717, 1.165) is 44.1 Å². The number of carbonyl (C=O) groups excluding carboxylic acids is 1. The summed E-state index contributed by atoms with van der Waals surface area (Å²) in [4.78, 5) is 22.6. The van der Waals surface area contributed by atoms with Crippen LogP contribution in [0.5, 0.6) is 0 Å². The van der Waals surface area contributed by atoms with Crippen molar-refractivity contribution in [1.82, 2.24) is 0 Å². The number of Topliss-reactive ketones (excluding diaryl/α,β-unsaturated/α-hetero) is 1. The molecule has 1 unspecified atom stereocenters. The Bertz CT molecular complexity index is 503. The molecule has 3 nitrogen and oxygen atoms in total. The molecule has 0 aromatic rings. The summed E-state index contributed by atoms with van der Waals surface area (Å²) in [6.45, 7) is 2.18. The summed E-state index contributed by atoms with van der Waals surface area (Å²) in [5, 5.41) is 8.95. The lowest BCUT2D eigenvalue weighted by Gasteiger charge is -2.08. The van der Waals surface area contributed by atoms with Gasteiger partial charge in [-0.3, -0.25) is 9.59 Å². The number of aliphatic carboxylic acids is 1. The smallest absolute Gasteiger partial charge is 0.303 e. The Hall–Kier alpha value is -1.35. The molecule has 0 spiro atoms. The standard InChI is InChI=1S/C20H29ClO3/c1-2-3-4-5-6-9-12-16-15-18(21)20(24)17(16)13-10-7-8-11-14-19(22)23/h5-6,13,15-16H,2-4,7-12,14H2,1H3,(H,22,23)/b6-5+,17-13-. The molecule has 134 valence electrons. The molecule has 0 radical (unpaired) electrons. The van der Waals surface area contributed by atoms with Crippen LogP contribution in [0.15, 0.2) is 34.9 Å². The molecule has 24 heavy (non-hydrogen) atoms. The minimum Gasteiger partial charge on any atom is -0.481 e. The maximum absolute atomic E-state index is 12.1. The molecular formula is C20H29ClO3. The molecule has 1 rings (SSSR count). The molecule has 0 aromatic heterocycles. The van der Waals surface area contributed by atoms with Crippen LogP contribution in [-0.2, 0) is 9.59 Å². The van der Waals surface area contributed by atoms with Crippen molar-refractivity contribution in [2.45, 2.75) is 71.1 Å². The van der Waals surface area contributed by atoms with Gasteiger partial charge in [-0.2, -0.15) is 0 Å². The molecule has 0 aromatic carbocycles. The van der Waals surface area contributed by atoms with E-state index in [4.69, 9.17) is 16.7 Å². The third-order valence-corrected chi connectivity index (χ3v) is 4.52. The highest BCUT2D eigenvalue weighted by molar-refractivity contribution is 6.46. The molecule has 0 heterocycles. The van der Waals surface area contributed by atoms with Gasteiger partial charge in [-0.15, -0.1) is 0 Å². The molecule has 0 aliphatic heterocycles. The molecule has 1 aliphatic carbocycles. The molecular weight excluding hydrogens is 324 g/mol. The van der Waals surface area contributed by atoms with Crippen LogP contribution >= 0.6 is 11.6 Å². The Morgan fingerprint density at radius 3 is 2.62 bits per heavy atom. The summed E-state index contributed by atoms with van der Waals surface area (Å²) < 4.78 is 0. The van der Waals surface area contributed by atoms with Crippen LogP contribution in [0.2, 0.25) is 0 Å². The normalized spacial score (nSPS) is 19.4. The van der Waals surface area contributed by atoms with Gasteiger partial charge in [0, 0.05) is 17.9 Å². The van der Waals surface area contributed by atoms with Gasteiger partial charge in [-0.1, -0.05) is 62.1 Å². The lowest BCUT2D eigenvalue weighted by Crippen LogP contribution is -2.03. The van der Waals surface area contributed by atoms with Gasteiger partial charge in [-0.25, -0.2) is 0 Å². The van der Waals surface area contributed by atoms with Crippen molar-refractivity contribution in [3.63, 3.8) is 0 Å². The predicted molar refractivity (Wildman–Crippen MR) is 99.1 cm³/mol. The summed E-state index contributed by atoms with van der Waals surface area (Å²) >= 11 is 6.02. The first-order chi connectivity index (χ1) is 11.6. The zero-order valence-corrected chi connectivity index (χ0v) is 15.4. The first kappa shape index (κ1) is 20.7. The SMILES string of the molecule is CCCC/C=C/CCC1C=C(Cl)C(=O)/C1=C\CCCCCC(=O)O. The van der Waals surface area contributed by atoms with Crippen molar-refractivity contribution in [1.29, 1.82) is 0 Å². The van der Waals surface area contributed by atoms with Crippen LogP contribution in [0.4, 0.5) is 0 Å². The number of halogens is 1. The molecule has 0 saturated carbocycles. The summed E-state index contributed by atoms with van der Waals surface area (Å²) in [5.41, 5.74) is 0.820. The number of unbranched alkanes of at least 4 members (excludes halogenated alkanes) is 5. The van der Waals surface area contributed by atoms with Crippen molar-refractivity contribution < 1.29 is 14.7 Å². The molecule has 0 fully saturated rings. The van der Waals surface area contributed by atoms with Gasteiger partial charge in [0.15, 0.2) is 5.78 Å². The third-order valence-electron chi connectivity index (χ3n) is 4.22. The Labute approximate surface area is 150 Å². The van der Waals surface area contributed by atoms with Crippen LogP contribution in [-0.4, -0.2) is 16.9 Å². The van der Waals surface area contributed by atoms with Crippen molar-refractivity contribution in [3.8, 4) is 0 Å². The summed E-state index contributed by atoms with van der Waals surface area (Å²) in [6.07, 6.45) is 17.2. The number of ketones is 1. The first-order valence-corrected chi connectivity index (χ1v) is 9.43. The minimum atomic E-state index is -0.748. The molecule has 0 bridgehead atoms. The Kier molecular flexibility index (Phi) is 10.4. The number of carboxylic acid groups (broad SMARTS) is 1. The minimum absolute atomic E-state index is 0.0397. The largest absolute Gasteiger partial charge is 0.481 e. The van der Waals surface area contributed by atoms with Crippen molar-refractivity contribution in [2.24, 2.45) is 5.92 Å². The van der Waals surface area contributed by atoms with E-state index in [-0.39, 0.29) is 18.1 Å². The van der Waals surface area contributed by atoms with Crippen LogP contribution < -0.4 is 0 Å². The summed E-state index contributed by atoms with van der Waals surface area (Å²) in [5.74, 6) is -0.663. The van der Waals surface area contributed by atoms with Gasteiger partial charge in [0.25, 0.3) is 0 Å². The summed E-state index contributed by atoms with van der Waals surface area (Å²) in [6, 6.07) is 0. The van der Waals surface area contributed by atoms with E-state index in [9.17, 15) is 9.59 Å². The second-order valence-corrected chi connectivity index (χ2v) is 6.70. The van der Waals surface area contributed by atoms with Gasteiger partial charge in [0.2, 0.25) is 0 Å². The lowest BCUT2D eigenvalue weighted by molar-refractivity contribution is -0.137. The van der Waals surface area contributed by atoms with E-state index in [0.29, 0.717) is 11.5 Å². The molecule has 1 N–H and O–H groups in total. The average Bonchev–Trinajstić information content (AvgIpc) is 2.81. The van der Waals surface area contributed by atoms with Gasteiger partial charge in [0.05, 0.1) is 5.03 Å². The van der Waals surface area contributed by atoms with Crippen molar-refractivity contribution >= 4 is 23.4 Å². The zero-order chi connectivity index (χ0) is 17.8. The average molecular weight is 353 g/mol. The van der Waals surface area contributed by atoms with Crippen molar-refractivity contribution in [2.75, 3.05) is 0 Å². The van der Waals surface area contributed by atoms with Gasteiger partial charge < -0.3 is 5.11 Å². The monoisotopic (exact) mass is 352 g/mol. The van der Waals surface area contributed by atoms with Crippen LogP contribution in [0, 0.1) is 5.92 Å². The molecule has 4 heteroatoms. The van der Waals surface area contributed by atoms with Crippen LogP contribution in [0.25, 0.3) is 0 Å². The van der Waals surface area contributed by atoms with E-state index in [1.807, 2.05) is 12.2 Å². The highest BCUT2D eigenvalue weighted by Gasteiger charge is 2.27. The fraction of sp³-hybridized carbons (Fsp3) is 0.600. The number of hydrogen-bond donors (Lipinski definition) is 1. The fourth-order valence-corrected chi connectivity index (χ4v) is 3.08. The summed E-state index contributed by atoms with van der Waals surface area (Å²) in [7, 11) is 0. The van der Waals surface area contributed by atoms with Gasteiger partial charge >= 0.3 is 5.97 Å². The Morgan fingerprint density at radius 2 is 1.92 bits per heavy atom. The number of allylic oxidation sites excluding steroid dienone is 6. The third kappa shape index (κ3) is 7.96. The topological polar surface area (TPSA) is 54.4 Å². The first-order valence-electron chi connectivity index (χ1n) is 9.05.